The fourth-order valence-corrected chi connectivity index (χ4v) is 0.842. The molecule has 0 aliphatic heterocycles. The molecule has 1 aromatic rings. The third-order valence-electron chi connectivity index (χ3n) is 1.44. The molecule has 12 heavy (non-hydrogen) atoms. The normalized spacial score (nSPS) is 10.5. The fourth-order valence-electron chi connectivity index (χ4n) is 0.842. The molecule has 0 saturated heterocycles. The molecule has 2 heteroatoms. The number of hydrogen-bond acceptors (Lipinski definition) is 2. The van der Waals surface area contributed by atoms with Crippen molar-refractivity contribution in [3.63, 3.8) is 0 Å². The minimum absolute atomic E-state index is 0.0615. The molecule has 0 aliphatic rings. The van der Waals surface area contributed by atoms with E-state index in [2.05, 4.69) is 6.07 Å². The molecule has 1 rings (SSSR count). The van der Waals surface area contributed by atoms with Gasteiger partial charge < -0.3 is 9.84 Å². The molecule has 0 atom stereocenters. The summed E-state index contributed by atoms with van der Waals surface area (Å²) in [5, 5.41) is 8.51. The average Bonchev–Trinajstić information content (AvgIpc) is 2.15. The van der Waals surface area contributed by atoms with Crippen molar-refractivity contribution in [3.05, 3.63) is 35.9 Å². The zero-order chi connectivity index (χ0) is 8.81. The molecule has 63 valence electrons. The quantitative estimate of drug-likeness (QED) is 0.731. The lowest BCUT2D eigenvalue weighted by Gasteiger charge is -1.97. The Bertz CT molecular complexity index is 249. The smallest absolute Gasteiger partial charge is 0.126 e. The number of hydrogen-bond donors (Lipinski definition) is 1. The van der Waals surface area contributed by atoms with Gasteiger partial charge in [-0.05, 0) is 17.7 Å². The van der Waals surface area contributed by atoms with Crippen LogP contribution < -0.4 is 4.74 Å². The van der Waals surface area contributed by atoms with E-state index in [4.69, 9.17) is 9.84 Å². The highest BCUT2D eigenvalue weighted by Gasteiger charge is 1.89. The van der Waals surface area contributed by atoms with Gasteiger partial charge in [0.25, 0.3) is 0 Å². The van der Waals surface area contributed by atoms with Crippen molar-refractivity contribution >= 4 is 6.08 Å². The molecule has 1 N–H and O–H groups in total. The maximum Gasteiger partial charge on any atom is 0.126 e. The molecule has 0 unspecified atom stereocenters. The van der Waals surface area contributed by atoms with E-state index in [0.29, 0.717) is 0 Å². The standard InChI is InChI=1S/C10H11O2/c1-12-10-6-4-9(5-7-10)3-2-8-11/h2-6,11H,8H2,1H3/b3-2+. The number of rotatable bonds is 3. The lowest BCUT2D eigenvalue weighted by Crippen LogP contribution is -1.82. The van der Waals surface area contributed by atoms with Crippen molar-refractivity contribution < 1.29 is 9.84 Å². The van der Waals surface area contributed by atoms with Crippen LogP contribution in [-0.4, -0.2) is 18.8 Å². The number of ether oxygens (including phenoxy) is 1. The van der Waals surface area contributed by atoms with Gasteiger partial charge in [-0.1, -0.05) is 18.2 Å². The first kappa shape index (κ1) is 8.81. The summed E-state index contributed by atoms with van der Waals surface area (Å²) in [6.45, 7) is 0.0615. The Kier molecular flexibility index (Phi) is 3.35. The summed E-state index contributed by atoms with van der Waals surface area (Å²) >= 11 is 0. The van der Waals surface area contributed by atoms with Crippen molar-refractivity contribution in [2.75, 3.05) is 13.7 Å². The minimum atomic E-state index is 0.0615. The van der Waals surface area contributed by atoms with Gasteiger partial charge in [0.1, 0.15) is 5.75 Å². The van der Waals surface area contributed by atoms with Crippen LogP contribution in [0.15, 0.2) is 24.3 Å². The summed E-state index contributed by atoms with van der Waals surface area (Å²) in [4.78, 5) is 0. The molecule has 0 aromatic heterocycles. The van der Waals surface area contributed by atoms with Gasteiger partial charge in [-0.15, -0.1) is 0 Å². The maximum atomic E-state index is 8.51. The zero-order valence-electron chi connectivity index (χ0n) is 6.95. The number of benzene rings is 1. The van der Waals surface area contributed by atoms with E-state index in [-0.39, 0.29) is 6.61 Å². The summed E-state index contributed by atoms with van der Waals surface area (Å²) < 4.78 is 4.94. The Hall–Kier alpha value is -1.28. The molecule has 0 fully saturated rings. The van der Waals surface area contributed by atoms with Crippen LogP contribution in [0.25, 0.3) is 6.08 Å². The predicted molar refractivity (Wildman–Crippen MR) is 47.9 cm³/mol. The van der Waals surface area contributed by atoms with Crippen LogP contribution in [0.4, 0.5) is 0 Å². The molecular formula is C10H11O2. The van der Waals surface area contributed by atoms with Crippen LogP contribution in [0.3, 0.4) is 0 Å². The second-order valence-electron chi connectivity index (χ2n) is 2.28. The molecule has 2 nitrogen and oxygen atoms in total. The highest BCUT2D eigenvalue weighted by atomic mass is 16.5. The molecular weight excluding hydrogens is 152 g/mol. The first-order valence-electron chi connectivity index (χ1n) is 3.70. The molecule has 0 amide bonds. The lowest BCUT2D eigenvalue weighted by molar-refractivity contribution is 0.343. The van der Waals surface area contributed by atoms with Crippen LogP contribution in [0.1, 0.15) is 5.56 Å². The van der Waals surface area contributed by atoms with Crippen LogP contribution in [0.2, 0.25) is 0 Å². The third kappa shape index (κ3) is 2.40. The molecule has 0 spiro atoms. The average molecular weight is 163 g/mol. The first-order chi connectivity index (χ1) is 5.86. The summed E-state index contributed by atoms with van der Waals surface area (Å²) in [7, 11) is 1.61. The maximum absolute atomic E-state index is 8.51. The molecule has 0 heterocycles. The Morgan fingerprint density at radius 1 is 1.58 bits per heavy atom. The van der Waals surface area contributed by atoms with Gasteiger partial charge in [-0.25, -0.2) is 0 Å². The third-order valence-corrected chi connectivity index (χ3v) is 1.44. The largest absolute Gasteiger partial charge is 0.496 e. The number of aliphatic hydroxyl groups excluding tert-OH is 1. The highest BCUT2D eigenvalue weighted by molar-refractivity contribution is 5.50. The zero-order valence-corrected chi connectivity index (χ0v) is 6.95. The molecule has 0 saturated carbocycles. The molecule has 1 radical (unpaired) electrons. The second kappa shape index (κ2) is 4.57. The van der Waals surface area contributed by atoms with Crippen molar-refractivity contribution in [3.8, 4) is 5.75 Å². The van der Waals surface area contributed by atoms with Gasteiger partial charge in [-0.2, -0.15) is 0 Å². The summed E-state index contributed by atoms with van der Waals surface area (Å²) in [5.41, 5.74) is 1.00. The van der Waals surface area contributed by atoms with E-state index < -0.39 is 0 Å². The van der Waals surface area contributed by atoms with Crippen molar-refractivity contribution in [1.82, 2.24) is 0 Å². The van der Waals surface area contributed by atoms with Crippen LogP contribution in [-0.2, 0) is 0 Å². The SMILES string of the molecule is COc1[c]cc(/C=C/CO)cc1. The van der Waals surface area contributed by atoms with E-state index in [1.54, 1.807) is 13.2 Å². The molecule has 0 aliphatic carbocycles. The Balaban J connectivity index is 2.71. The van der Waals surface area contributed by atoms with Crippen molar-refractivity contribution in [2.24, 2.45) is 0 Å². The van der Waals surface area contributed by atoms with E-state index in [1.807, 2.05) is 24.3 Å². The lowest BCUT2D eigenvalue weighted by atomic mass is 10.2. The monoisotopic (exact) mass is 163 g/mol. The topological polar surface area (TPSA) is 29.5 Å². The fraction of sp³-hybridized carbons (Fsp3) is 0.200. The Labute approximate surface area is 72.1 Å². The number of methoxy groups -OCH3 is 1. The van der Waals surface area contributed by atoms with E-state index in [0.717, 1.165) is 11.3 Å². The highest BCUT2D eigenvalue weighted by Crippen LogP contribution is 2.10. The number of aliphatic hydroxyl groups is 1. The molecule has 1 aromatic carbocycles. The van der Waals surface area contributed by atoms with E-state index in [9.17, 15) is 0 Å². The van der Waals surface area contributed by atoms with Gasteiger partial charge in [0.05, 0.1) is 13.7 Å². The summed E-state index contributed by atoms with van der Waals surface area (Å²) in [6.07, 6.45) is 3.51. The molecule has 0 bridgehead atoms. The van der Waals surface area contributed by atoms with E-state index in [1.165, 1.54) is 0 Å². The predicted octanol–water partition coefficient (Wildman–Crippen LogP) is 1.50. The van der Waals surface area contributed by atoms with Crippen LogP contribution in [0, 0.1) is 6.07 Å². The Morgan fingerprint density at radius 3 is 2.92 bits per heavy atom. The summed E-state index contributed by atoms with van der Waals surface area (Å²) in [5.74, 6) is 0.719. The van der Waals surface area contributed by atoms with Crippen molar-refractivity contribution in [2.45, 2.75) is 0 Å². The van der Waals surface area contributed by atoms with Gasteiger partial charge in [0.15, 0.2) is 0 Å². The van der Waals surface area contributed by atoms with E-state index >= 15 is 0 Å². The van der Waals surface area contributed by atoms with Crippen molar-refractivity contribution in [1.29, 1.82) is 0 Å². The van der Waals surface area contributed by atoms with Gasteiger partial charge in [-0.3, -0.25) is 0 Å². The first-order valence-corrected chi connectivity index (χ1v) is 3.70. The second-order valence-corrected chi connectivity index (χ2v) is 2.28. The van der Waals surface area contributed by atoms with Crippen LogP contribution >= 0.6 is 0 Å². The van der Waals surface area contributed by atoms with Gasteiger partial charge in [0, 0.05) is 6.07 Å². The minimum Gasteiger partial charge on any atom is -0.496 e. The van der Waals surface area contributed by atoms with Gasteiger partial charge in [0.2, 0.25) is 0 Å². The van der Waals surface area contributed by atoms with Gasteiger partial charge >= 0.3 is 0 Å². The van der Waals surface area contributed by atoms with Crippen LogP contribution in [0.5, 0.6) is 5.75 Å². The summed E-state index contributed by atoms with van der Waals surface area (Å²) in [6, 6.07) is 8.49. The Morgan fingerprint density at radius 2 is 2.42 bits per heavy atom.